The van der Waals surface area contributed by atoms with Crippen LogP contribution in [-0.2, 0) is 0 Å². The molecule has 0 aliphatic heterocycles. The van der Waals surface area contributed by atoms with Crippen molar-refractivity contribution < 1.29 is 13.2 Å². The van der Waals surface area contributed by atoms with E-state index in [0.29, 0.717) is 18.8 Å². The molecule has 3 heteroatoms. The van der Waals surface area contributed by atoms with Crippen molar-refractivity contribution in [3.63, 3.8) is 0 Å². The predicted octanol–water partition coefficient (Wildman–Crippen LogP) is 5.04. The smallest absolute Gasteiger partial charge is 0.171 e. The lowest BCUT2D eigenvalue weighted by atomic mass is 9.90. The molecule has 0 bridgehead atoms. The number of hydrogen-bond donors (Lipinski definition) is 0. The Hall–Kier alpha value is -0.210. The summed E-state index contributed by atoms with van der Waals surface area (Å²) in [5, 5.41) is 0. The fourth-order valence-electron chi connectivity index (χ4n) is 1.76. The van der Waals surface area contributed by atoms with E-state index in [0.717, 1.165) is 6.42 Å². The second-order valence-electron chi connectivity index (χ2n) is 5.19. The molecule has 0 saturated heterocycles. The lowest BCUT2D eigenvalue weighted by molar-refractivity contribution is -0.180. The maximum Gasteiger partial charge on any atom is 0.391 e. The molecule has 0 aliphatic rings. The third kappa shape index (κ3) is 7.69. The van der Waals surface area contributed by atoms with Crippen LogP contribution < -0.4 is 0 Å². The molecule has 0 aromatic rings. The van der Waals surface area contributed by atoms with Crippen LogP contribution in [0.2, 0.25) is 0 Å². The largest absolute Gasteiger partial charge is 0.391 e. The second kappa shape index (κ2) is 6.39. The van der Waals surface area contributed by atoms with Gasteiger partial charge in [-0.05, 0) is 24.7 Å². The molecule has 0 saturated carbocycles. The van der Waals surface area contributed by atoms with Crippen LogP contribution in [0.15, 0.2) is 0 Å². The molecule has 0 aromatic heterocycles. The molecule has 0 unspecified atom stereocenters. The van der Waals surface area contributed by atoms with Gasteiger partial charge < -0.3 is 0 Å². The molecular weight excluding hydrogens is 201 g/mol. The molecule has 0 rings (SSSR count). The molecule has 0 nitrogen and oxygen atoms in total. The normalized spacial score (nSPS) is 15.0. The minimum absolute atomic E-state index is 0.121. The minimum atomic E-state index is -4.01. The van der Waals surface area contributed by atoms with Gasteiger partial charge in [0.25, 0.3) is 0 Å². The highest BCUT2D eigenvalue weighted by molar-refractivity contribution is 4.69. The topological polar surface area (TPSA) is 0 Å². The lowest BCUT2D eigenvalue weighted by Gasteiger charge is -2.22. The van der Waals surface area contributed by atoms with Gasteiger partial charge in [0.2, 0.25) is 0 Å². The van der Waals surface area contributed by atoms with Crippen molar-refractivity contribution in [2.24, 2.45) is 17.8 Å². The van der Waals surface area contributed by atoms with Crippen LogP contribution in [0.4, 0.5) is 13.2 Å². The Morgan fingerprint density at radius 2 is 1.40 bits per heavy atom. The molecule has 0 aromatic carbocycles. The van der Waals surface area contributed by atoms with Crippen LogP contribution >= 0.6 is 0 Å². The summed E-state index contributed by atoms with van der Waals surface area (Å²) in [4.78, 5) is 0. The SMILES string of the molecule is CC(C)CCC[C@H](CC(C)C)C(F)(F)F. The molecule has 0 spiro atoms. The van der Waals surface area contributed by atoms with Gasteiger partial charge in [0.1, 0.15) is 0 Å². The van der Waals surface area contributed by atoms with E-state index in [4.69, 9.17) is 0 Å². The first-order valence-corrected chi connectivity index (χ1v) is 5.80. The molecule has 0 aliphatic carbocycles. The maximum absolute atomic E-state index is 12.6. The Balaban J connectivity index is 4.03. The Morgan fingerprint density at radius 3 is 1.73 bits per heavy atom. The van der Waals surface area contributed by atoms with Crippen molar-refractivity contribution in [2.45, 2.75) is 59.6 Å². The molecule has 15 heavy (non-hydrogen) atoms. The monoisotopic (exact) mass is 224 g/mol. The fraction of sp³-hybridized carbons (Fsp3) is 1.00. The summed E-state index contributed by atoms with van der Waals surface area (Å²) in [7, 11) is 0. The van der Waals surface area contributed by atoms with Crippen molar-refractivity contribution in [3.05, 3.63) is 0 Å². The Kier molecular flexibility index (Phi) is 6.30. The van der Waals surface area contributed by atoms with Gasteiger partial charge in [-0.25, -0.2) is 0 Å². The molecule has 0 amide bonds. The van der Waals surface area contributed by atoms with Crippen molar-refractivity contribution in [2.75, 3.05) is 0 Å². The summed E-state index contributed by atoms with van der Waals surface area (Å²) in [6, 6.07) is 0. The van der Waals surface area contributed by atoms with Crippen LogP contribution in [0.5, 0.6) is 0 Å². The van der Waals surface area contributed by atoms with Gasteiger partial charge in [-0.1, -0.05) is 40.5 Å². The molecule has 0 fully saturated rings. The molecule has 0 radical (unpaired) electrons. The molecule has 92 valence electrons. The third-order valence-corrected chi connectivity index (χ3v) is 2.55. The van der Waals surface area contributed by atoms with E-state index in [2.05, 4.69) is 0 Å². The van der Waals surface area contributed by atoms with Gasteiger partial charge in [-0.15, -0.1) is 0 Å². The number of halogens is 3. The van der Waals surface area contributed by atoms with Gasteiger partial charge in [-0.3, -0.25) is 0 Å². The zero-order valence-corrected chi connectivity index (χ0v) is 10.2. The summed E-state index contributed by atoms with van der Waals surface area (Å²) in [5.41, 5.74) is 0. The first-order chi connectivity index (χ1) is 6.73. The number of hydrogen-bond acceptors (Lipinski definition) is 0. The zero-order valence-electron chi connectivity index (χ0n) is 10.2. The van der Waals surface area contributed by atoms with Gasteiger partial charge in [0, 0.05) is 0 Å². The van der Waals surface area contributed by atoms with E-state index in [9.17, 15) is 13.2 Å². The summed E-state index contributed by atoms with van der Waals surface area (Å²) >= 11 is 0. The molecule has 1 atom stereocenters. The third-order valence-electron chi connectivity index (χ3n) is 2.55. The first-order valence-electron chi connectivity index (χ1n) is 5.80. The van der Waals surface area contributed by atoms with Gasteiger partial charge in [0.15, 0.2) is 0 Å². The van der Waals surface area contributed by atoms with Crippen LogP contribution in [0.25, 0.3) is 0 Å². The van der Waals surface area contributed by atoms with Crippen molar-refractivity contribution in [3.8, 4) is 0 Å². The van der Waals surface area contributed by atoms with E-state index in [1.54, 1.807) is 0 Å². The highest BCUT2D eigenvalue weighted by atomic mass is 19.4. The quantitative estimate of drug-likeness (QED) is 0.593. The molecular formula is C12H23F3. The van der Waals surface area contributed by atoms with E-state index in [1.165, 1.54) is 0 Å². The van der Waals surface area contributed by atoms with Gasteiger partial charge >= 0.3 is 6.18 Å². The highest BCUT2D eigenvalue weighted by Crippen LogP contribution is 2.35. The van der Waals surface area contributed by atoms with Gasteiger partial charge in [0.05, 0.1) is 5.92 Å². The first kappa shape index (κ1) is 14.8. The Bertz CT molecular complexity index is 159. The van der Waals surface area contributed by atoms with E-state index >= 15 is 0 Å². The Morgan fingerprint density at radius 1 is 0.867 bits per heavy atom. The van der Waals surface area contributed by atoms with E-state index in [-0.39, 0.29) is 12.3 Å². The second-order valence-corrected chi connectivity index (χ2v) is 5.19. The number of rotatable bonds is 6. The summed E-state index contributed by atoms with van der Waals surface area (Å²) in [5.74, 6) is -0.482. The van der Waals surface area contributed by atoms with E-state index < -0.39 is 12.1 Å². The predicted molar refractivity (Wildman–Crippen MR) is 57.7 cm³/mol. The average Bonchev–Trinajstić information content (AvgIpc) is 1.99. The zero-order chi connectivity index (χ0) is 12.1. The number of alkyl halides is 3. The fourth-order valence-corrected chi connectivity index (χ4v) is 1.76. The minimum Gasteiger partial charge on any atom is -0.171 e. The van der Waals surface area contributed by atoms with Crippen LogP contribution in [-0.4, -0.2) is 6.18 Å². The lowest BCUT2D eigenvalue weighted by Crippen LogP contribution is -2.24. The van der Waals surface area contributed by atoms with Crippen LogP contribution in [0.1, 0.15) is 53.4 Å². The Labute approximate surface area is 91.3 Å². The highest BCUT2D eigenvalue weighted by Gasteiger charge is 2.38. The molecule has 0 heterocycles. The summed E-state index contributed by atoms with van der Waals surface area (Å²) < 4.78 is 37.8. The van der Waals surface area contributed by atoms with E-state index in [1.807, 2.05) is 27.7 Å². The molecule has 0 N–H and O–H groups in total. The van der Waals surface area contributed by atoms with Gasteiger partial charge in [-0.2, -0.15) is 13.2 Å². The van der Waals surface area contributed by atoms with Crippen LogP contribution in [0.3, 0.4) is 0 Å². The average molecular weight is 224 g/mol. The van der Waals surface area contributed by atoms with Crippen molar-refractivity contribution in [1.82, 2.24) is 0 Å². The van der Waals surface area contributed by atoms with Crippen molar-refractivity contribution >= 4 is 0 Å². The summed E-state index contributed by atoms with van der Waals surface area (Å²) in [6.07, 6.45) is -1.87. The standard InChI is InChI=1S/C12H23F3/c1-9(2)6-5-7-11(8-10(3)4)12(13,14)15/h9-11H,5-8H2,1-4H3/t11-/m1/s1. The maximum atomic E-state index is 12.6. The van der Waals surface area contributed by atoms with Crippen LogP contribution in [0, 0.1) is 17.8 Å². The van der Waals surface area contributed by atoms with Crippen molar-refractivity contribution in [1.29, 1.82) is 0 Å². The summed E-state index contributed by atoms with van der Waals surface area (Å²) in [6.45, 7) is 7.79.